The van der Waals surface area contributed by atoms with Crippen molar-refractivity contribution < 1.29 is 9.84 Å². The zero-order chi connectivity index (χ0) is 15.9. The van der Waals surface area contributed by atoms with Crippen LogP contribution in [0.4, 0.5) is 0 Å². The summed E-state index contributed by atoms with van der Waals surface area (Å²) in [7, 11) is 0. The number of benzene rings is 2. The summed E-state index contributed by atoms with van der Waals surface area (Å²) < 4.78 is 5.61. The van der Waals surface area contributed by atoms with Gasteiger partial charge in [0.15, 0.2) is 0 Å². The van der Waals surface area contributed by atoms with Gasteiger partial charge in [-0.2, -0.15) is 0 Å². The Morgan fingerprint density at radius 1 is 1.14 bits per heavy atom. The van der Waals surface area contributed by atoms with Crippen molar-refractivity contribution in [3.8, 4) is 5.75 Å². The van der Waals surface area contributed by atoms with E-state index in [1.54, 1.807) is 0 Å². The number of aliphatic hydroxyl groups is 1. The van der Waals surface area contributed by atoms with E-state index >= 15 is 0 Å². The van der Waals surface area contributed by atoms with E-state index in [0.717, 1.165) is 11.1 Å². The number of ether oxygens (including phenoxy) is 1. The zero-order valence-corrected chi connectivity index (χ0v) is 13.7. The Morgan fingerprint density at radius 2 is 1.86 bits per heavy atom. The van der Waals surface area contributed by atoms with E-state index in [2.05, 4.69) is 5.32 Å². The first-order valence-corrected chi connectivity index (χ1v) is 7.83. The second kappa shape index (κ2) is 8.18. The lowest BCUT2D eigenvalue weighted by Gasteiger charge is -2.14. The van der Waals surface area contributed by atoms with Gasteiger partial charge in [0, 0.05) is 13.1 Å². The summed E-state index contributed by atoms with van der Waals surface area (Å²) in [4.78, 5) is 0. The van der Waals surface area contributed by atoms with E-state index in [-0.39, 0.29) is 6.10 Å². The van der Waals surface area contributed by atoms with E-state index in [9.17, 15) is 5.11 Å². The first-order valence-electron chi connectivity index (χ1n) is 7.45. The van der Waals surface area contributed by atoms with Crippen molar-refractivity contribution in [3.63, 3.8) is 0 Å². The molecule has 0 aliphatic heterocycles. The van der Waals surface area contributed by atoms with Gasteiger partial charge in [0.05, 0.1) is 17.2 Å². The molecule has 0 unspecified atom stereocenters. The lowest BCUT2D eigenvalue weighted by atomic mass is 10.1. The van der Waals surface area contributed by atoms with Crippen LogP contribution in [-0.2, 0) is 6.54 Å². The predicted octanol–water partition coefficient (Wildman–Crippen LogP) is 3.95. The highest BCUT2D eigenvalue weighted by Crippen LogP contribution is 2.26. The minimum absolute atomic E-state index is 0.0995. The quantitative estimate of drug-likeness (QED) is 0.812. The van der Waals surface area contributed by atoms with Crippen LogP contribution in [0.15, 0.2) is 48.5 Å². The SMILES string of the molecule is CC(C)Oc1ccc(CNC[C@@H](O)c2ccccc2)cc1Cl. The van der Waals surface area contributed by atoms with Crippen molar-refractivity contribution in [2.75, 3.05) is 6.54 Å². The van der Waals surface area contributed by atoms with Crippen molar-refractivity contribution >= 4 is 11.6 Å². The number of rotatable bonds is 7. The molecule has 22 heavy (non-hydrogen) atoms. The number of aliphatic hydroxyl groups excluding tert-OH is 1. The first-order chi connectivity index (χ1) is 10.6. The molecule has 3 nitrogen and oxygen atoms in total. The second-order valence-electron chi connectivity index (χ2n) is 5.49. The average molecular weight is 320 g/mol. The fourth-order valence-electron chi connectivity index (χ4n) is 2.15. The van der Waals surface area contributed by atoms with Gasteiger partial charge in [-0.25, -0.2) is 0 Å². The largest absolute Gasteiger partial charge is 0.489 e. The lowest BCUT2D eigenvalue weighted by molar-refractivity contribution is 0.174. The Bertz CT molecular complexity index is 587. The minimum Gasteiger partial charge on any atom is -0.489 e. The van der Waals surface area contributed by atoms with Crippen molar-refractivity contribution in [1.29, 1.82) is 0 Å². The van der Waals surface area contributed by atoms with Crippen LogP contribution in [0.5, 0.6) is 5.75 Å². The molecule has 4 heteroatoms. The summed E-state index contributed by atoms with van der Waals surface area (Å²) >= 11 is 6.21. The number of nitrogens with one attached hydrogen (secondary N) is 1. The van der Waals surface area contributed by atoms with Gasteiger partial charge in [-0.05, 0) is 37.1 Å². The molecule has 2 rings (SSSR count). The number of hydrogen-bond acceptors (Lipinski definition) is 3. The normalized spacial score (nSPS) is 12.4. The van der Waals surface area contributed by atoms with Gasteiger partial charge in [-0.15, -0.1) is 0 Å². The van der Waals surface area contributed by atoms with Gasteiger partial charge in [-0.3, -0.25) is 0 Å². The monoisotopic (exact) mass is 319 g/mol. The molecular formula is C18H22ClNO2. The summed E-state index contributed by atoms with van der Waals surface area (Å²) in [5.41, 5.74) is 1.97. The third-order valence-electron chi connectivity index (χ3n) is 3.21. The molecule has 0 radical (unpaired) electrons. The van der Waals surface area contributed by atoms with E-state index in [4.69, 9.17) is 16.3 Å². The molecule has 2 aromatic carbocycles. The molecule has 2 aromatic rings. The Balaban J connectivity index is 1.85. The summed E-state index contributed by atoms with van der Waals surface area (Å²) in [6.45, 7) is 5.07. The van der Waals surface area contributed by atoms with Gasteiger partial charge in [-0.1, -0.05) is 48.0 Å². The van der Waals surface area contributed by atoms with Crippen LogP contribution in [0.1, 0.15) is 31.1 Å². The smallest absolute Gasteiger partial charge is 0.138 e. The molecule has 0 amide bonds. The third-order valence-corrected chi connectivity index (χ3v) is 3.51. The van der Waals surface area contributed by atoms with E-state index in [1.165, 1.54) is 0 Å². The highest BCUT2D eigenvalue weighted by atomic mass is 35.5. The topological polar surface area (TPSA) is 41.5 Å². The molecule has 0 fully saturated rings. The van der Waals surface area contributed by atoms with Gasteiger partial charge in [0.25, 0.3) is 0 Å². The van der Waals surface area contributed by atoms with E-state index < -0.39 is 6.10 Å². The lowest BCUT2D eigenvalue weighted by Crippen LogP contribution is -2.21. The minimum atomic E-state index is -0.514. The highest BCUT2D eigenvalue weighted by Gasteiger charge is 2.08. The molecule has 0 spiro atoms. The van der Waals surface area contributed by atoms with Crippen LogP contribution in [0.2, 0.25) is 5.02 Å². The maximum Gasteiger partial charge on any atom is 0.138 e. The molecule has 0 aliphatic carbocycles. The summed E-state index contributed by atoms with van der Waals surface area (Å²) in [5, 5.41) is 13.9. The van der Waals surface area contributed by atoms with Crippen LogP contribution in [0, 0.1) is 0 Å². The van der Waals surface area contributed by atoms with Crippen LogP contribution >= 0.6 is 11.6 Å². The van der Waals surface area contributed by atoms with E-state index in [1.807, 2.05) is 62.4 Å². The molecule has 0 saturated heterocycles. The Kier molecular flexibility index (Phi) is 6.25. The number of halogens is 1. The van der Waals surface area contributed by atoms with Crippen LogP contribution in [0.3, 0.4) is 0 Å². The van der Waals surface area contributed by atoms with Crippen molar-refractivity contribution in [2.45, 2.75) is 32.6 Å². The standard InChI is InChI=1S/C18H22ClNO2/c1-13(2)22-18-9-8-14(10-16(18)19)11-20-12-17(21)15-6-4-3-5-7-15/h3-10,13,17,20-21H,11-12H2,1-2H3/t17-/m1/s1. The van der Waals surface area contributed by atoms with Crippen LogP contribution < -0.4 is 10.1 Å². The predicted molar refractivity (Wildman–Crippen MR) is 90.3 cm³/mol. The van der Waals surface area contributed by atoms with Crippen molar-refractivity contribution in [2.24, 2.45) is 0 Å². The van der Waals surface area contributed by atoms with Crippen LogP contribution in [0.25, 0.3) is 0 Å². The molecular weight excluding hydrogens is 298 g/mol. The average Bonchev–Trinajstić information content (AvgIpc) is 2.50. The van der Waals surface area contributed by atoms with Crippen molar-refractivity contribution in [1.82, 2.24) is 5.32 Å². The molecule has 118 valence electrons. The molecule has 0 bridgehead atoms. The molecule has 0 aliphatic rings. The van der Waals surface area contributed by atoms with Crippen LogP contribution in [-0.4, -0.2) is 17.8 Å². The van der Waals surface area contributed by atoms with Gasteiger partial charge >= 0.3 is 0 Å². The van der Waals surface area contributed by atoms with Gasteiger partial charge in [0.2, 0.25) is 0 Å². The third kappa shape index (κ3) is 5.02. The maximum absolute atomic E-state index is 10.1. The molecule has 0 saturated carbocycles. The molecule has 1 atom stereocenters. The Hall–Kier alpha value is -1.55. The zero-order valence-electron chi connectivity index (χ0n) is 12.9. The summed E-state index contributed by atoms with van der Waals surface area (Å²) in [6, 6.07) is 15.4. The van der Waals surface area contributed by atoms with Crippen molar-refractivity contribution in [3.05, 3.63) is 64.7 Å². The van der Waals surface area contributed by atoms with Gasteiger partial charge < -0.3 is 15.2 Å². The first kappa shape index (κ1) is 16.8. The Morgan fingerprint density at radius 3 is 2.50 bits per heavy atom. The number of hydrogen-bond donors (Lipinski definition) is 2. The Labute approximate surface area is 136 Å². The molecule has 0 heterocycles. The van der Waals surface area contributed by atoms with Gasteiger partial charge in [0.1, 0.15) is 5.75 Å². The van der Waals surface area contributed by atoms with E-state index in [0.29, 0.717) is 23.9 Å². The highest BCUT2D eigenvalue weighted by molar-refractivity contribution is 6.32. The summed E-state index contributed by atoms with van der Waals surface area (Å²) in [6.07, 6.45) is -0.414. The fraction of sp³-hybridized carbons (Fsp3) is 0.333. The molecule has 0 aromatic heterocycles. The molecule has 2 N–H and O–H groups in total. The summed E-state index contributed by atoms with van der Waals surface area (Å²) in [5.74, 6) is 0.699. The maximum atomic E-state index is 10.1. The fourth-order valence-corrected chi connectivity index (χ4v) is 2.40. The second-order valence-corrected chi connectivity index (χ2v) is 5.90.